The van der Waals surface area contributed by atoms with Crippen molar-refractivity contribution in [3.63, 3.8) is 0 Å². The van der Waals surface area contributed by atoms with Crippen LogP contribution in [0.25, 0.3) is 10.9 Å². The molecule has 0 radical (unpaired) electrons. The molecule has 1 aromatic heterocycles. The van der Waals surface area contributed by atoms with E-state index in [0.29, 0.717) is 0 Å². The third kappa shape index (κ3) is 1.67. The summed E-state index contributed by atoms with van der Waals surface area (Å²) in [5, 5.41) is 4.42. The van der Waals surface area contributed by atoms with E-state index in [-0.39, 0.29) is 0 Å². The third-order valence-corrected chi connectivity index (χ3v) is 2.99. The van der Waals surface area contributed by atoms with Gasteiger partial charge in [-0.25, -0.2) is 0 Å². The second-order valence-electron chi connectivity index (χ2n) is 4.11. The SMILES string of the molecule is CNCc1cc2cc(OC)cc(C)c2n1C. The van der Waals surface area contributed by atoms with Gasteiger partial charge in [0, 0.05) is 24.7 Å². The zero-order chi connectivity index (χ0) is 11.7. The summed E-state index contributed by atoms with van der Waals surface area (Å²) in [6, 6.07) is 6.37. The van der Waals surface area contributed by atoms with Gasteiger partial charge in [0.25, 0.3) is 0 Å². The van der Waals surface area contributed by atoms with E-state index in [2.05, 4.69) is 42.1 Å². The number of aryl methyl sites for hydroxylation is 2. The van der Waals surface area contributed by atoms with Crippen molar-refractivity contribution in [2.45, 2.75) is 13.5 Å². The minimum absolute atomic E-state index is 0.882. The third-order valence-electron chi connectivity index (χ3n) is 2.99. The molecule has 1 heterocycles. The van der Waals surface area contributed by atoms with E-state index in [1.54, 1.807) is 7.11 Å². The number of benzene rings is 1. The molecule has 2 rings (SSSR count). The van der Waals surface area contributed by atoms with Crippen molar-refractivity contribution in [1.29, 1.82) is 0 Å². The normalized spacial score (nSPS) is 11.0. The van der Waals surface area contributed by atoms with Crippen molar-refractivity contribution >= 4 is 10.9 Å². The van der Waals surface area contributed by atoms with Gasteiger partial charge in [0.1, 0.15) is 5.75 Å². The van der Waals surface area contributed by atoms with E-state index in [1.165, 1.54) is 22.2 Å². The van der Waals surface area contributed by atoms with E-state index in [1.807, 2.05) is 7.05 Å². The van der Waals surface area contributed by atoms with Gasteiger partial charge in [0.15, 0.2) is 0 Å². The Balaban J connectivity index is 2.65. The van der Waals surface area contributed by atoms with E-state index >= 15 is 0 Å². The maximum atomic E-state index is 5.29. The molecular formula is C13H18N2O. The Bertz CT molecular complexity index is 514. The number of hydrogen-bond donors (Lipinski definition) is 1. The van der Waals surface area contributed by atoms with Crippen molar-refractivity contribution < 1.29 is 4.74 Å². The Morgan fingerprint density at radius 1 is 1.31 bits per heavy atom. The van der Waals surface area contributed by atoms with Crippen LogP contribution in [0.3, 0.4) is 0 Å². The fourth-order valence-electron chi connectivity index (χ4n) is 2.23. The summed E-state index contributed by atoms with van der Waals surface area (Å²) in [6.07, 6.45) is 0. The summed E-state index contributed by atoms with van der Waals surface area (Å²) in [6.45, 7) is 3.00. The molecule has 0 atom stereocenters. The number of rotatable bonds is 3. The molecule has 0 saturated carbocycles. The van der Waals surface area contributed by atoms with Crippen molar-refractivity contribution in [1.82, 2.24) is 9.88 Å². The van der Waals surface area contributed by atoms with Crippen LogP contribution in [0.4, 0.5) is 0 Å². The first-order valence-corrected chi connectivity index (χ1v) is 5.45. The predicted molar refractivity (Wildman–Crippen MR) is 67.0 cm³/mol. The first kappa shape index (κ1) is 11.0. The lowest BCUT2D eigenvalue weighted by Crippen LogP contribution is -2.08. The van der Waals surface area contributed by atoms with Crippen LogP contribution in [0.5, 0.6) is 5.75 Å². The fourth-order valence-corrected chi connectivity index (χ4v) is 2.23. The molecule has 0 amide bonds. The topological polar surface area (TPSA) is 26.2 Å². The van der Waals surface area contributed by atoms with Gasteiger partial charge in [-0.1, -0.05) is 0 Å². The summed E-state index contributed by atoms with van der Waals surface area (Å²) >= 11 is 0. The number of hydrogen-bond acceptors (Lipinski definition) is 2. The van der Waals surface area contributed by atoms with Crippen LogP contribution < -0.4 is 10.1 Å². The lowest BCUT2D eigenvalue weighted by molar-refractivity contribution is 0.415. The molecule has 0 aliphatic rings. The number of nitrogens with zero attached hydrogens (tertiary/aromatic N) is 1. The lowest BCUT2D eigenvalue weighted by Gasteiger charge is -2.06. The maximum Gasteiger partial charge on any atom is 0.119 e. The van der Waals surface area contributed by atoms with Crippen molar-refractivity contribution in [2.24, 2.45) is 7.05 Å². The summed E-state index contributed by atoms with van der Waals surface area (Å²) < 4.78 is 7.52. The quantitative estimate of drug-likeness (QED) is 0.855. The second-order valence-corrected chi connectivity index (χ2v) is 4.11. The van der Waals surface area contributed by atoms with Gasteiger partial charge >= 0.3 is 0 Å². The highest BCUT2D eigenvalue weighted by atomic mass is 16.5. The minimum atomic E-state index is 0.882. The number of fused-ring (bicyclic) bond motifs is 1. The van der Waals surface area contributed by atoms with E-state index < -0.39 is 0 Å². The van der Waals surface area contributed by atoms with Crippen LogP contribution in [0.1, 0.15) is 11.3 Å². The van der Waals surface area contributed by atoms with Crippen LogP contribution in [0, 0.1) is 6.92 Å². The second kappa shape index (κ2) is 4.18. The van der Waals surface area contributed by atoms with Crippen LogP contribution in [0.2, 0.25) is 0 Å². The van der Waals surface area contributed by atoms with Crippen LogP contribution >= 0.6 is 0 Å². The molecule has 16 heavy (non-hydrogen) atoms. The van der Waals surface area contributed by atoms with E-state index in [0.717, 1.165) is 12.3 Å². The summed E-state index contributed by atoms with van der Waals surface area (Å²) in [5.41, 5.74) is 3.82. The monoisotopic (exact) mass is 218 g/mol. The van der Waals surface area contributed by atoms with E-state index in [9.17, 15) is 0 Å². The average Bonchev–Trinajstić information content (AvgIpc) is 2.56. The number of aromatic nitrogens is 1. The highest BCUT2D eigenvalue weighted by Crippen LogP contribution is 2.27. The van der Waals surface area contributed by atoms with E-state index in [4.69, 9.17) is 4.74 Å². The average molecular weight is 218 g/mol. The largest absolute Gasteiger partial charge is 0.497 e. The van der Waals surface area contributed by atoms with Gasteiger partial charge in [0.2, 0.25) is 0 Å². The minimum Gasteiger partial charge on any atom is -0.497 e. The Labute approximate surface area is 96.0 Å². The molecule has 0 saturated heterocycles. The standard InChI is InChI=1S/C13H18N2O/c1-9-5-12(16-4)7-10-6-11(8-14-2)15(3)13(9)10/h5-7,14H,8H2,1-4H3. The zero-order valence-electron chi connectivity index (χ0n) is 10.3. The van der Waals surface area contributed by atoms with Crippen LogP contribution in [0.15, 0.2) is 18.2 Å². The first-order chi connectivity index (χ1) is 7.67. The van der Waals surface area contributed by atoms with Gasteiger partial charge in [-0.3, -0.25) is 0 Å². The molecule has 0 aliphatic carbocycles. The predicted octanol–water partition coefficient (Wildman–Crippen LogP) is 2.21. The highest BCUT2D eigenvalue weighted by Gasteiger charge is 2.08. The van der Waals surface area contributed by atoms with Crippen molar-refractivity contribution in [3.8, 4) is 5.75 Å². The van der Waals surface area contributed by atoms with Crippen molar-refractivity contribution in [3.05, 3.63) is 29.5 Å². The Morgan fingerprint density at radius 2 is 2.06 bits per heavy atom. The molecule has 0 spiro atoms. The maximum absolute atomic E-state index is 5.29. The zero-order valence-corrected chi connectivity index (χ0v) is 10.3. The summed E-state index contributed by atoms with van der Waals surface area (Å²) in [7, 11) is 5.78. The van der Waals surface area contributed by atoms with Gasteiger partial charge in [0.05, 0.1) is 12.6 Å². The Kier molecular flexibility index (Phi) is 2.88. The van der Waals surface area contributed by atoms with Crippen LogP contribution in [-0.2, 0) is 13.6 Å². The fraction of sp³-hybridized carbons (Fsp3) is 0.385. The molecule has 86 valence electrons. The first-order valence-electron chi connectivity index (χ1n) is 5.45. The molecule has 1 N–H and O–H groups in total. The smallest absolute Gasteiger partial charge is 0.119 e. The highest BCUT2D eigenvalue weighted by molar-refractivity contribution is 5.85. The summed E-state index contributed by atoms with van der Waals surface area (Å²) in [4.78, 5) is 0. The number of ether oxygens (including phenoxy) is 1. The van der Waals surface area contributed by atoms with Crippen molar-refractivity contribution in [2.75, 3.05) is 14.2 Å². The molecule has 0 fully saturated rings. The van der Waals surface area contributed by atoms with Crippen LogP contribution in [-0.4, -0.2) is 18.7 Å². The van der Waals surface area contributed by atoms with Gasteiger partial charge in [-0.2, -0.15) is 0 Å². The van der Waals surface area contributed by atoms with Gasteiger partial charge in [-0.05, 0) is 37.7 Å². The molecule has 2 aromatic rings. The van der Waals surface area contributed by atoms with Gasteiger partial charge in [-0.15, -0.1) is 0 Å². The molecule has 3 heteroatoms. The molecule has 0 unspecified atom stereocenters. The Hall–Kier alpha value is -1.48. The molecule has 3 nitrogen and oxygen atoms in total. The Morgan fingerprint density at radius 3 is 2.69 bits per heavy atom. The molecule has 0 bridgehead atoms. The van der Waals surface area contributed by atoms with Gasteiger partial charge < -0.3 is 14.6 Å². The summed E-state index contributed by atoms with van der Waals surface area (Å²) in [5.74, 6) is 0.923. The number of methoxy groups -OCH3 is 1. The molecule has 1 aromatic carbocycles. The molecular weight excluding hydrogens is 200 g/mol. The molecule has 0 aliphatic heterocycles. The lowest BCUT2D eigenvalue weighted by atomic mass is 10.1. The number of nitrogens with one attached hydrogen (secondary N) is 1.